The predicted octanol–water partition coefficient (Wildman–Crippen LogP) is 3.27. The van der Waals surface area contributed by atoms with Gasteiger partial charge in [-0.1, -0.05) is 13.0 Å². The van der Waals surface area contributed by atoms with Crippen molar-refractivity contribution in [2.75, 3.05) is 6.54 Å². The molecule has 2 rings (SSSR count). The van der Waals surface area contributed by atoms with Gasteiger partial charge in [-0.15, -0.1) is 11.3 Å². The van der Waals surface area contributed by atoms with E-state index in [-0.39, 0.29) is 0 Å². The summed E-state index contributed by atoms with van der Waals surface area (Å²) in [5.74, 6) is 0. The van der Waals surface area contributed by atoms with Crippen molar-refractivity contribution in [3.8, 4) is 10.7 Å². The van der Waals surface area contributed by atoms with Crippen LogP contribution in [-0.2, 0) is 0 Å². The molecule has 0 radical (unpaired) electrons. The van der Waals surface area contributed by atoms with Crippen molar-refractivity contribution in [1.29, 1.82) is 0 Å². The maximum absolute atomic E-state index is 4.63. The first kappa shape index (κ1) is 12.2. The van der Waals surface area contributed by atoms with Crippen molar-refractivity contribution in [3.05, 3.63) is 35.5 Å². The molecule has 0 aromatic carbocycles. The van der Waals surface area contributed by atoms with Gasteiger partial charge in [0.1, 0.15) is 5.01 Å². The Labute approximate surface area is 106 Å². The van der Waals surface area contributed by atoms with Crippen molar-refractivity contribution < 1.29 is 0 Å². The molecule has 0 saturated heterocycles. The highest BCUT2D eigenvalue weighted by Gasteiger charge is 2.10. The van der Waals surface area contributed by atoms with Crippen LogP contribution < -0.4 is 5.32 Å². The van der Waals surface area contributed by atoms with E-state index in [0.29, 0.717) is 6.04 Å². The summed E-state index contributed by atoms with van der Waals surface area (Å²) < 4.78 is 0. The molecule has 0 aliphatic heterocycles. The molecule has 0 aliphatic rings. The minimum atomic E-state index is 0.309. The third kappa shape index (κ3) is 3.11. The molecular weight excluding hydrogens is 230 g/mol. The Bertz CT molecular complexity index is 453. The molecule has 1 N–H and O–H groups in total. The fourth-order valence-electron chi connectivity index (χ4n) is 1.56. The molecule has 1 unspecified atom stereocenters. The Balaban J connectivity index is 2.11. The summed E-state index contributed by atoms with van der Waals surface area (Å²) in [6.07, 6.45) is 2.94. The lowest BCUT2D eigenvalue weighted by Gasteiger charge is -2.09. The van der Waals surface area contributed by atoms with E-state index in [1.54, 1.807) is 17.5 Å². The molecule has 0 amide bonds. The quantitative estimate of drug-likeness (QED) is 0.881. The zero-order chi connectivity index (χ0) is 12.1. The lowest BCUT2D eigenvalue weighted by atomic mass is 10.2. The molecule has 2 aromatic rings. The van der Waals surface area contributed by atoms with E-state index >= 15 is 0 Å². The number of hydrogen-bond donors (Lipinski definition) is 1. The van der Waals surface area contributed by atoms with E-state index in [0.717, 1.165) is 29.4 Å². The van der Waals surface area contributed by atoms with Crippen molar-refractivity contribution in [2.24, 2.45) is 0 Å². The van der Waals surface area contributed by atoms with Crippen molar-refractivity contribution >= 4 is 11.3 Å². The number of pyridine rings is 1. The fraction of sp³-hybridized carbons (Fsp3) is 0.385. The first-order chi connectivity index (χ1) is 8.31. The van der Waals surface area contributed by atoms with Gasteiger partial charge in [0.05, 0.1) is 11.4 Å². The molecule has 2 aromatic heterocycles. The molecule has 0 bridgehead atoms. The summed E-state index contributed by atoms with van der Waals surface area (Å²) >= 11 is 1.65. The number of hydrogen-bond acceptors (Lipinski definition) is 4. The summed E-state index contributed by atoms with van der Waals surface area (Å²) in [5.41, 5.74) is 2.05. The number of nitrogens with one attached hydrogen (secondary N) is 1. The molecule has 4 heteroatoms. The molecule has 0 spiro atoms. The van der Waals surface area contributed by atoms with Crippen LogP contribution in [0.3, 0.4) is 0 Å². The Morgan fingerprint density at radius 2 is 2.29 bits per heavy atom. The summed E-state index contributed by atoms with van der Waals surface area (Å²) in [6.45, 7) is 5.34. The van der Waals surface area contributed by atoms with Gasteiger partial charge in [0.2, 0.25) is 0 Å². The van der Waals surface area contributed by atoms with Gasteiger partial charge in [-0.05, 0) is 32.0 Å². The highest BCUT2D eigenvalue weighted by Crippen LogP contribution is 2.24. The number of rotatable bonds is 5. The third-order valence-electron chi connectivity index (χ3n) is 2.55. The molecule has 2 heterocycles. The Hall–Kier alpha value is -1.26. The number of thiazole rings is 1. The van der Waals surface area contributed by atoms with E-state index in [4.69, 9.17) is 0 Å². The normalized spacial score (nSPS) is 12.6. The fourth-order valence-corrected chi connectivity index (χ4v) is 2.45. The van der Waals surface area contributed by atoms with E-state index < -0.39 is 0 Å². The lowest BCUT2D eigenvalue weighted by molar-refractivity contribution is 0.561. The highest BCUT2D eigenvalue weighted by molar-refractivity contribution is 7.13. The van der Waals surface area contributed by atoms with E-state index in [2.05, 4.69) is 34.5 Å². The van der Waals surface area contributed by atoms with E-state index in [9.17, 15) is 0 Å². The van der Waals surface area contributed by atoms with Crippen LogP contribution in [0.2, 0.25) is 0 Å². The smallest absolute Gasteiger partial charge is 0.142 e. The van der Waals surface area contributed by atoms with Crippen LogP contribution in [0.25, 0.3) is 10.7 Å². The number of nitrogens with zero attached hydrogens (tertiary/aromatic N) is 2. The van der Waals surface area contributed by atoms with Crippen LogP contribution >= 0.6 is 11.3 Å². The van der Waals surface area contributed by atoms with Gasteiger partial charge in [-0.2, -0.15) is 0 Å². The van der Waals surface area contributed by atoms with E-state index in [1.807, 2.05) is 18.2 Å². The monoisotopic (exact) mass is 247 g/mol. The first-order valence-corrected chi connectivity index (χ1v) is 6.79. The second kappa shape index (κ2) is 5.89. The maximum Gasteiger partial charge on any atom is 0.142 e. The van der Waals surface area contributed by atoms with Gasteiger partial charge in [0.25, 0.3) is 0 Å². The van der Waals surface area contributed by atoms with Crippen LogP contribution in [0, 0.1) is 0 Å². The van der Waals surface area contributed by atoms with Crippen molar-refractivity contribution in [3.63, 3.8) is 0 Å². The van der Waals surface area contributed by atoms with E-state index in [1.165, 1.54) is 0 Å². The molecular formula is C13H17N3S. The van der Waals surface area contributed by atoms with Crippen molar-refractivity contribution in [1.82, 2.24) is 15.3 Å². The maximum atomic E-state index is 4.63. The van der Waals surface area contributed by atoms with Gasteiger partial charge < -0.3 is 5.32 Å². The predicted molar refractivity (Wildman–Crippen MR) is 72.1 cm³/mol. The molecule has 1 atom stereocenters. The summed E-state index contributed by atoms with van der Waals surface area (Å²) in [7, 11) is 0. The summed E-state index contributed by atoms with van der Waals surface area (Å²) in [6, 6.07) is 6.21. The van der Waals surface area contributed by atoms with Crippen LogP contribution in [0.5, 0.6) is 0 Å². The molecule has 0 saturated carbocycles. The van der Waals surface area contributed by atoms with Gasteiger partial charge in [-0.3, -0.25) is 4.98 Å². The largest absolute Gasteiger partial charge is 0.309 e. The van der Waals surface area contributed by atoms with Gasteiger partial charge in [0.15, 0.2) is 0 Å². The zero-order valence-electron chi connectivity index (χ0n) is 10.2. The van der Waals surface area contributed by atoms with Crippen molar-refractivity contribution in [2.45, 2.75) is 26.3 Å². The molecule has 17 heavy (non-hydrogen) atoms. The Kier molecular flexibility index (Phi) is 4.23. The summed E-state index contributed by atoms with van der Waals surface area (Å²) in [5, 5.41) is 6.54. The van der Waals surface area contributed by atoms with Crippen LogP contribution in [0.4, 0.5) is 0 Å². The lowest BCUT2D eigenvalue weighted by Crippen LogP contribution is -2.19. The minimum absolute atomic E-state index is 0.309. The average Bonchev–Trinajstić information content (AvgIpc) is 2.86. The molecule has 0 fully saturated rings. The van der Waals surface area contributed by atoms with Crippen LogP contribution in [0.15, 0.2) is 29.8 Å². The van der Waals surface area contributed by atoms with Gasteiger partial charge >= 0.3 is 0 Å². The SMILES string of the molecule is CCCNC(C)c1csc(-c2ccccn2)n1. The second-order valence-electron chi connectivity index (χ2n) is 3.97. The Morgan fingerprint density at radius 3 is 3.00 bits per heavy atom. The first-order valence-electron chi connectivity index (χ1n) is 5.91. The third-order valence-corrected chi connectivity index (χ3v) is 3.43. The number of aromatic nitrogens is 2. The molecule has 0 aliphatic carbocycles. The summed E-state index contributed by atoms with van der Waals surface area (Å²) in [4.78, 5) is 8.94. The standard InChI is InChI=1S/C13H17N3S/c1-3-7-14-10(2)12-9-17-13(16-12)11-6-4-5-8-15-11/h4-6,8-10,14H,3,7H2,1-2H3. The second-order valence-corrected chi connectivity index (χ2v) is 4.83. The molecule has 90 valence electrons. The topological polar surface area (TPSA) is 37.8 Å². The highest BCUT2D eigenvalue weighted by atomic mass is 32.1. The average molecular weight is 247 g/mol. The van der Waals surface area contributed by atoms with Gasteiger partial charge in [0, 0.05) is 17.6 Å². The minimum Gasteiger partial charge on any atom is -0.309 e. The molecule has 3 nitrogen and oxygen atoms in total. The Morgan fingerprint density at radius 1 is 1.41 bits per heavy atom. The zero-order valence-corrected chi connectivity index (χ0v) is 11.0. The van der Waals surface area contributed by atoms with Crippen LogP contribution in [0.1, 0.15) is 32.0 Å². The van der Waals surface area contributed by atoms with Crippen LogP contribution in [-0.4, -0.2) is 16.5 Å². The van der Waals surface area contributed by atoms with Gasteiger partial charge in [-0.25, -0.2) is 4.98 Å².